The maximum absolute atomic E-state index is 10.3. The first kappa shape index (κ1) is 8.00. The van der Waals surface area contributed by atoms with Crippen LogP contribution in [-0.4, -0.2) is 16.2 Å². The predicted molar refractivity (Wildman–Crippen MR) is 41.5 cm³/mol. The number of pyridine rings is 1. The van der Waals surface area contributed by atoms with Gasteiger partial charge in [0.05, 0.1) is 4.92 Å². The smallest absolute Gasteiger partial charge is 0.258 e. The Bertz CT molecular complexity index is 277. The molecule has 5 heteroatoms. The van der Waals surface area contributed by atoms with Crippen LogP contribution in [0.25, 0.3) is 0 Å². The van der Waals surface area contributed by atoms with Crippen LogP contribution in [0.1, 0.15) is 0 Å². The average Bonchev–Trinajstić information content (AvgIpc) is 2.04. The van der Waals surface area contributed by atoms with Crippen LogP contribution >= 0.6 is 11.8 Å². The van der Waals surface area contributed by atoms with Gasteiger partial charge in [-0.25, -0.2) is 4.98 Å². The van der Waals surface area contributed by atoms with Crippen LogP contribution in [0.4, 0.5) is 5.69 Å². The molecule has 0 atom stereocenters. The van der Waals surface area contributed by atoms with Crippen molar-refractivity contribution >= 4 is 17.4 Å². The average molecular weight is 169 g/mol. The Labute approximate surface area is 67.8 Å². The van der Waals surface area contributed by atoms with Crippen molar-refractivity contribution in [2.75, 3.05) is 6.26 Å². The minimum atomic E-state index is -0.463. The highest BCUT2D eigenvalue weighted by Gasteiger charge is 2.11. The zero-order valence-electron chi connectivity index (χ0n) is 5.77. The number of rotatable bonds is 2. The monoisotopic (exact) mass is 169 g/mol. The van der Waals surface area contributed by atoms with Gasteiger partial charge < -0.3 is 0 Å². The van der Waals surface area contributed by atoms with Gasteiger partial charge in [-0.1, -0.05) is 0 Å². The number of thioether (sulfide) groups is 1. The quantitative estimate of drug-likeness (QED) is 0.382. The summed E-state index contributed by atoms with van der Waals surface area (Å²) >= 11 is 1.25. The first-order valence-electron chi connectivity index (χ1n) is 2.80. The van der Waals surface area contributed by atoms with Gasteiger partial charge >= 0.3 is 5.69 Å². The summed E-state index contributed by atoms with van der Waals surface area (Å²) in [6.45, 7) is 0. The van der Waals surface area contributed by atoms with E-state index < -0.39 is 4.92 Å². The largest absolute Gasteiger partial charge is 0.301 e. The predicted octanol–water partition coefficient (Wildman–Crippen LogP) is 1.51. The molecule has 0 saturated carbocycles. The highest BCUT2D eigenvalue weighted by atomic mass is 32.2. The topological polar surface area (TPSA) is 56.0 Å². The molecule has 0 N–H and O–H groups in total. The Hall–Kier alpha value is -1.10. The van der Waals surface area contributed by atoms with Gasteiger partial charge in [0.1, 0.15) is 0 Å². The standard InChI is InChI=1S/C6H5N2O2S/c1-11-6-5(8(9)10)3-2-4-7-6/h3-4H,1H3. The zero-order valence-corrected chi connectivity index (χ0v) is 6.59. The second-order valence-corrected chi connectivity index (χ2v) is 2.52. The maximum Gasteiger partial charge on any atom is 0.301 e. The molecule has 0 amide bonds. The van der Waals surface area contributed by atoms with Gasteiger partial charge in [-0.15, -0.1) is 11.8 Å². The minimum absolute atomic E-state index is 0.0139. The van der Waals surface area contributed by atoms with Crippen molar-refractivity contribution in [3.05, 3.63) is 28.4 Å². The fraction of sp³-hybridized carbons (Fsp3) is 0.167. The number of nitro groups is 1. The molecule has 0 aromatic carbocycles. The molecule has 1 heterocycles. The van der Waals surface area contributed by atoms with Gasteiger partial charge in [0.15, 0.2) is 5.03 Å². The van der Waals surface area contributed by atoms with E-state index in [1.807, 2.05) is 0 Å². The summed E-state index contributed by atoms with van der Waals surface area (Å²) < 4.78 is 0. The van der Waals surface area contributed by atoms with Crippen LogP contribution in [0.2, 0.25) is 0 Å². The van der Waals surface area contributed by atoms with Gasteiger partial charge in [0, 0.05) is 18.3 Å². The van der Waals surface area contributed by atoms with Gasteiger partial charge in [-0.05, 0) is 6.26 Å². The molecule has 0 aliphatic carbocycles. The summed E-state index contributed by atoms with van der Waals surface area (Å²) in [4.78, 5) is 13.6. The molecule has 11 heavy (non-hydrogen) atoms. The van der Waals surface area contributed by atoms with Crippen molar-refractivity contribution in [1.29, 1.82) is 0 Å². The van der Waals surface area contributed by atoms with Gasteiger partial charge in [-0.3, -0.25) is 10.1 Å². The third-order valence-corrected chi connectivity index (χ3v) is 1.79. The van der Waals surface area contributed by atoms with Crippen LogP contribution in [0.5, 0.6) is 0 Å². The summed E-state index contributed by atoms with van der Waals surface area (Å²) in [6.07, 6.45) is 3.16. The molecule has 0 spiro atoms. The number of aromatic nitrogens is 1. The van der Waals surface area contributed by atoms with Gasteiger partial charge in [0.25, 0.3) is 0 Å². The van der Waals surface area contributed by atoms with E-state index in [4.69, 9.17) is 0 Å². The molecule has 4 nitrogen and oxygen atoms in total. The third kappa shape index (κ3) is 1.68. The molecule has 0 aliphatic rings. The van der Waals surface area contributed by atoms with Gasteiger partial charge in [0.2, 0.25) is 0 Å². The lowest BCUT2D eigenvalue weighted by Crippen LogP contribution is -1.91. The third-order valence-electron chi connectivity index (χ3n) is 1.09. The van der Waals surface area contributed by atoms with E-state index in [0.29, 0.717) is 5.03 Å². The van der Waals surface area contributed by atoms with E-state index in [2.05, 4.69) is 11.1 Å². The van der Waals surface area contributed by atoms with E-state index >= 15 is 0 Å². The Balaban J connectivity index is 3.12. The molecule has 1 aromatic rings. The molecule has 1 radical (unpaired) electrons. The summed E-state index contributed by atoms with van der Waals surface area (Å²) in [7, 11) is 0. The van der Waals surface area contributed by atoms with Crippen molar-refractivity contribution in [3.63, 3.8) is 0 Å². The van der Waals surface area contributed by atoms with Crippen molar-refractivity contribution in [3.8, 4) is 0 Å². The lowest BCUT2D eigenvalue weighted by molar-refractivity contribution is -0.388. The van der Waals surface area contributed by atoms with Crippen LogP contribution in [0.3, 0.4) is 0 Å². The lowest BCUT2D eigenvalue weighted by atomic mass is 10.4. The van der Waals surface area contributed by atoms with E-state index in [1.165, 1.54) is 24.0 Å². The van der Waals surface area contributed by atoms with E-state index in [9.17, 15) is 10.1 Å². The molecular formula is C6H5N2O2S. The Kier molecular flexibility index (Phi) is 2.43. The molecule has 0 fully saturated rings. The number of nitrogens with zero attached hydrogens (tertiary/aromatic N) is 2. The van der Waals surface area contributed by atoms with E-state index in [0.717, 1.165) is 0 Å². The molecule has 1 rings (SSSR count). The first-order valence-corrected chi connectivity index (χ1v) is 4.02. The molecule has 57 valence electrons. The molecule has 1 aromatic heterocycles. The number of hydrogen-bond donors (Lipinski definition) is 0. The lowest BCUT2D eigenvalue weighted by Gasteiger charge is -1.94. The Morgan fingerprint density at radius 1 is 1.82 bits per heavy atom. The summed E-state index contributed by atoms with van der Waals surface area (Å²) in [5.74, 6) is 0. The Morgan fingerprint density at radius 2 is 2.55 bits per heavy atom. The van der Waals surface area contributed by atoms with Crippen molar-refractivity contribution < 1.29 is 4.92 Å². The van der Waals surface area contributed by atoms with E-state index in [1.54, 1.807) is 6.26 Å². The summed E-state index contributed by atoms with van der Waals surface area (Å²) in [5, 5.41) is 10.7. The van der Waals surface area contributed by atoms with Crippen LogP contribution in [0, 0.1) is 16.2 Å². The molecule has 0 unspecified atom stereocenters. The SMILES string of the molecule is CSc1nc[c]cc1[N+](=O)[O-]. The van der Waals surface area contributed by atoms with Crippen molar-refractivity contribution in [2.24, 2.45) is 0 Å². The van der Waals surface area contributed by atoms with Crippen molar-refractivity contribution in [2.45, 2.75) is 5.03 Å². The highest BCUT2D eigenvalue weighted by molar-refractivity contribution is 7.98. The summed E-state index contributed by atoms with van der Waals surface area (Å²) in [6, 6.07) is 3.87. The normalized spacial score (nSPS) is 9.55. The fourth-order valence-electron chi connectivity index (χ4n) is 0.628. The second-order valence-electron chi connectivity index (χ2n) is 1.72. The molecular weight excluding hydrogens is 164 g/mol. The van der Waals surface area contributed by atoms with Crippen molar-refractivity contribution in [1.82, 2.24) is 4.98 Å². The molecule has 0 bridgehead atoms. The molecule has 0 aliphatic heterocycles. The first-order chi connectivity index (χ1) is 5.25. The second kappa shape index (κ2) is 3.34. The minimum Gasteiger partial charge on any atom is -0.258 e. The maximum atomic E-state index is 10.3. The molecule has 0 saturated heterocycles. The fourth-order valence-corrected chi connectivity index (χ4v) is 1.13. The number of hydrogen-bond acceptors (Lipinski definition) is 4. The Morgan fingerprint density at radius 3 is 3.00 bits per heavy atom. The summed E-state index contributed by atoms with van der Waals surface area (Å²) in [5.41, 5.74) is 0.0139. The van der Waals surface area contributed by atoms with Gasteiger partial charge in [-0.2, -0.15) is 0 Å². The van der Waals surface area contributed by atoms with Crippen LogP contribution in [-0.2, 0) is 0 Å². The zero-order chi connectivity index (χ0) is 8.27. The van der Waals surface area contributed by atoms with E-state index in [-0.39, 0.29) is 5.69 Å². The van der Waals surface area contributed by atoms with Crippen LogP contribution in [0.15, 0.2) is 17.3 Å². The van der Waals surface area contributed by atoms with Crippen LogP contribution < -0.4 is 0 Å². The highest BCUT2D eigenvalue weighted by Crippen LogP contribution is 2.23.